The van der Waals surface area contributed by atoms with Crippen LogP contribution in [0.1, 0.15) is 43.6 Å². The summed E-state index contributed by atoms with van der Waals surface area (Å²) in [5.74, 6) is 1.52. The van der Waals surface area contributed by atoms with Crippen molar-refractivity contribution in [2.24, 2.45) is 5.92 Å². The van der Waals surface area contributed by atoms with Gasteiger partial charge in [-0.05, 0) is 62.4 Å². The van der Waals surface area contributed by atoms with E-state index < -0.39 is 0 Å². The first-order valence-electron chi connectivity index (χ1n) is 8.38. The highest BCUT2D eigenvalue weighted by molar-refractivity contribution is 6.30. The number of likely N-dealkylation sites (N-methyl/N-ethyl adjacent to an activating group) is 1. The van der Waals surface area contributed by atoms with Crippen LogP contribution in [-0.2, 0) is 0 Å². The molecule has 2 unspecified atom stereocenters. The topological polar surface area (TPSA) is 15.3 Å². The number of nitrogens with one attached hydrogen (secondary N) is 1. The van der Waals surface area contributed by atoms with E-state index in [2.05, 4.69) is 35.5 Å². The second-order valence-corrected chi connectivity index (χ2v) is 7.40. The first-order valence-corrected chi connectivity index (χ1v) is 8.76. The van der Waals surface area contributed by atoms with E-state index in [1.807, 2.05) is 6.07 Å². The summed E-state index contributed by atoms with van der Waals surface area (Å²) in [6, 6.07) is 9.03. The second kappa shape index (κ2) is 7.13. The number of rotatable bonds is 4. The summed E-state index contributed by atoms with van der Waals surface area (Å²) in [5, 5.41) is 4.69. The van der Waals surface area contributed by atoms with Gasteiger partial charge in [0, 0.05) is 24.2 Å². The Bertz CT molecular complexity index is 456. The van der Waals surface area contributed by atoms with E-state index in [4.69, 9.17) is 11.6 Å². The van der Waals surface area contributed by atoms with Gasteiger partial charge in [0.1, 0.15) is 0 Å². The normalized spacial score (nSPS) is 28.1. The predicted molar refractivity (Wildman–Crippen MR) is 90.1 cm³/mol. The summed E-state index contributed by atoms with van der Waals surface area (Å²) in [5.41, 5.74) is 1.39. The molecule has 1 aliphatic carbocycles. The zero-order valence-electron chi connectivity index (χ0n) is 13.0. The van der Waals surface area contributed by atoms with Crippen molar-refractivity contribution in [3.8, 4) is 0 Å². The number of hydrogen-bond donors (Lipinski definition) is 1. The molecule has 1 N–H and O–H groups in total. The molecule has 1 saturated carbocycles. The summed E-state index contributed by atoms with van der Waals surface area (Å²) in [4.78, 5) is 2.46. The average molecular weight is 307 g/mol. The molecule has 0 amide bonds. The number of nitrogens with zero attached hydrogens (tertiary/aromatic N) is 1. The van der Waals surface area contributed by atoms with Crippen molar-refractivity contribution in [2.75, 3.05) is 26.7 Å². The van der Waals surface area contributed by atoms with E-state index in [9.17, 15) is 0 Å². The van der Waals surface area contributed by atoms with Gasteiger partial charge < -0.3 is 10.2 Å². The van der Waals surface area contributed by atoms with Gasteiger partial charge in [-0.3, -0.25) is 0 Å². The van der Waals surface area contributed by atoms with Gasteiger partial charge >= 0.3 is 0 Å². The highest BCUT2D eigenvalue weighted by atomic mass is 35.5. The molecular formula is C18H27ClN2. The number of hydrogen-bond acceptors (Lipinski definition) is 2. The van der Waals surface area contributed by atoms with Crippen LogP contribution in [0.4, 0.5) is 0 Å². The average Bonchev–Trinajstić information content (AvgIpc) is 2.98. The van der Waals surface area contributed by atoms with Crippen LogP contribution in [0.2, 0.25) is 5.02 Å². The van der Waals surface area contributed by atoms with Crippen LogP contribution in [-0.4, -0.2) is 37.6 Å². The molecule has 2 atom stereocenters. The minimum atomic E-state index is 0.600. The lowest BCUT2D eigenvalue weighted by atomic mass is 9.88. The van der Waals surface area contributed by atoms with Gasteiger partial charge in [-0.15, -0.1) is 0 Å². The Morgan fingerprint density at radius 3 is 2.81 bits per heavy atom. The molecule has 1 heterocycles. The van der Waals surface area contributed by atoms with Crippen molar-refractivity contribution in [3.63, 3.8) is 0 Å². The van der Waals surface area contributed by atoms with Gasteiger partial charge in [0.15, 0.2) is 0 Å². The van der Waals surface area contributed by atoms with E-state index in [-0.39, 0.29) is 0 Å². The minimum Gasteiger partial charge on any atom is -0.312 e. The largest absolute Gasteiger partial charge is 0.312 e. The Morgan fingerprint density at radius 2 is 2.05 bits per heavy atom. The Hall–Kier alpha value is -0.570. The van der Waals surface area contributed by atoms with Crippen molar-refractivity contribution in [1.82, 2.24) is 10.2 Å². The molecule has 1 aromatic carbocycles. The van der Waals surface area contributed by atoms with Crippen LogP contribution in [0.25, 0.3) is 0 Å². The maximum Gasteiger partial charge on any atom is 0.0408 e. The third-order valence-electron chi connectivity index (χ3n) is 5.12. The highest BCUT2D eigenvalue weighted by Crippen LogP contribution is 2.29. The smallest absolute Gasteiger partial charge is 0.0408 e. The van der Waals surface area contributed by atoms with Gasteiger partial charge in [-0.25, -0.2) is 0 Å². The molecule has 0 radical (unpaired) electrons. The van der Waals surface area contributed by atoms with E-state index >= 15 is 0 Å². The van der Waals surface area contributed by atoms with Crippen LogP contribution in [0.3, 0.4) is 0 Å². The molecule has 2 aliphatic rings. The monoisotopic (exact) mass is 306 g/mol. The fourth-order valence-corrected chi connectivity index (χ4v) is 4.22. The Balaban J connectivity index is 1.58. The van der Waals surface area contributed by atoms with Crippen molar-refractivity contribution in [1.29, 1.82) is 0 Å². The van der Waals surface area contributed by atoms with E-state index in [0.717, 1.165) is 17.5 Å². The Kier molecular flexibility index (Phi) is 5.20. The summed E-state index contributed by atoms with van der Waals surface area (Å²) in [6.45, 7) is 3.52. The summed E-state index contributed by atoms with van der Waals surface area (Å²) in [6.07, 6.45) is 6.95. The first kappa shape index (κ1) is 15.3. The number of benzene rings is 1. The van der Waals surface area contributed by atoms with Gasteiger partial charge in [0.25, 0.3) is 0 Å². The molecule has 21 heavy (non-hydrogen) atoms. The van der Waals surface area contributed by atoms with Crippen LogP contribution in [0.5, 0.6) is 0 Å². The van der Waals surface area contributed by atoms with Crippen LogP contribution >= 0.6 is 11.6 Å². The molecule has 0 aromatic heterocycles. The standard InChI is InChI=1S/C18H27ClN2/c1-21-12-16(15-7-4-8-17(19)9-15)10-18(13-21)20-11-14-5-2-3-6-14/h4,7-9,14,16,18,20H,2-3,5-6,10-13H2,1H3. The van der Waals surface area contributed by atoms with Gasteiger partial charge in [0.2, 0.25) is 0 Å². The molecule has 116 valence electrons. The Labute approximate surface area is 133 Å². The third kappa shape index (κ3) is 4.21. The molecular weight excluding hydrogens is 280 g/mol. The highest BCUT2D eigenvalue weighted by Gasteiger charge is 2.27. The summed E-state index contributed by atoms with van der Waals surface area (Å²) in [7, 11) is 2.24. The molecule has 0 bridgehead atoms. The molecule has 3 rings (SSSR count). The summed E-state index contributed by atoms with van der Waals surface area (Å²) < 4.78 is 0. The van der Waals surface area contributed by atoms with Crippen molar-refractivity contribution >= 4 is 11.6 Å². The predicted octanol–water partition coefficient (Wildman–Crippen LogP) is 3.91. The molecule has 1 aromatic rings. The van der Waals surface area contributed by atoms with E-state index in [0.29, 0.717) is 12.0 Å². The third-order valence-corrected chi connectivity index (χ3v) is 5.36. The van der Waals surface area contributed by atoms with Gasteiger partial charge in [0.05, 0.1) is 0 Å². The molecule has 2 fully saturated rings. The molecule has 3 heteroatoms. The van der Waals surface area contributed by atoms with Crippen molar-refractivity contribution in [3.05, 3.63) is 34.9 Å². The lowest BCUT2D eigenvalue weighted by molar-refractivity contribution is 0.200. The SMILES string of the molecule is CN1CC(NCC2CCCC2)CC(c2cccc(Cl)c2)C1. The van der Waals surface area contributed by atoms with E-state index in [1.165, 1.54) is 50.8 Å². The van der Waals surface area contributed by atoms with Crippen LogP contribution in [0, 0.1) is 5.92 Å². The summed E-state index contributed by atoms with van der Waals surface area (Å²) >= 11 is 6.15. The molecule has 1 saturated heterocycles. The lowest BCUT2D eigenvalue weighted by Crippen LogP contribution is -2.47. The number of likely N-dealkylation sites (tertiary alicyclic amines) is 1. The minimum absolute atomic E-state index is 0.600. The maximum atomic E-state index is 6.15. The number of halogens is 1. The van der Waals surface area contributed by atoms with Crippen LogP contribution in [0.15, 0.2) is 24.3 Å². The Morgan fingerprint density at radius 1 is 1.24 bits per heavy atom. The lowest BCUT2D eigenvalue weighted by Gasteiger charge is -2.37. The molecule has 0 spiro atoms. The molecule has 1 aliphatic heterocycles. The van der Waals surface area contributed by atoms with E-state index in [1.54, 1.807) is 0 Å². The van der Waals surface area contributed by atoms with Crippen molar-refractivity contribution in [2.45, 2.75) is 44.1 Å². The number of piperidine rings is 1. The van der Waals surface area contributed by atoms with Crippen LogP contribution < -0.4 is 5.32 Å². The molecule has 2 nitrogen and oxygen atoms in total. The van der Waals surface area contributed by atoms with Crippen molar-refractivity contribution < 1.29 is 0 Å². The zero-order valence-corrected chi connectivity index (χ0v) is 13.8. The fraction of sp³-hybridized carbons (Fsp3) is 0.667. The maximum absolute atomic E-state index is 6.15. The van der Waals surface area contributed by atoms with Gasteiger partial charge in [-0.2, -0.15) is 0 Å². The second-order valence-electron chi connectivity index (χ2n) is 6.96. The van der Waals surface area contributed by atoms with Gasteiger partial charge in [-0.1, -0.05) is 36.6 Å². The fourth-order valence-electron chi connectivity index (χ4n) is 4.02. The first-order chi connectivity index (χ1) is 10.2. The quantitative estimate of drug-likeness (QED) is 0.907. The zero-order chi connectivity index (χ0) is 14.7.